The molecular weight excluding hydrogens is 585 g/mol. The number of hydrogen-bond donors (Lipinski definition) is 0. The molecule has 2 unspecified atom stereocenters. The van der Waals surface area contributed by atoms with Crippen molar-refractivity contribution in [3.63, 3.8) is 0 Å². The third-order valence-corrected chi connectivity index (χ3v) is 8.36. The first-order valence-electron chi connectivity index (χ1n) is 11.6. The normalized spacial score (nSPS) is 18.7. The topological polar surface area (TPSA) is 88.4 Å². The van der Waals surface area contributed by atoms with Gasteiger partial charge in [0.05, 0.1) is 25.5 Å². The van der Waals surface area contributed by atoms with Crippen LogP contribution in [0.4, 0.5) is 17.6 Å². The lowest BCUT2D eigenvalue weighted by Gasteiger charge is -2.29. The quantitative estimate of drug-likeness (QED) is 0.279. The van der Waals surface area contributed by atoms with Crippen molar-refractivity contribution in [1.82, 2.24) is 4.90 Å². The lowest BCUT2D eigenvalue weighted by Crippen LogP contribution is -2.42. The molecule has 0 saturated carbocycles. The zero-order valence-electron chi connectivity index (χ0n) is 21.4. The van der Waals surface area contributed by atoms with Gasteiger partial charge in [-0.1, -0.05) is 34.4 Å². The first-order chi connectivity index (χ1) is 18.0. The Morgan fingerprint density at radius 2 is 1.82 bits per heavy atom. The van der Waals surface area contributed by atoms with Gasteiger partial charge in [-0.2, -0.15) is 17.5 Å². The van der Waals surface area contributed by atoms with E-state index in [1.54, 1.807) is 14.0 Å². The number of aryl methyl sites for hydroxylation is 1. The zero-order valence-corrected chi connectivity index (χ0v) is 23.7. The third-order valence-electron chi connectivity index (χ3n) is 6.30. The Hall–Kier alpha value is -2.70. The van der Waals surface area contributed by atoms with E-state index in [1.165, 1.54) is 36.3 Å². The van der Waals surface area contributed by atoms with Crippen LogP contribution in [-0.4, -0.2) is 58.4 Å². The predicted octanol–water partition coefficient (Wildman–Crippen LogP) is 6.13. The summed E-state index contributed by atoms with van der Waals surface area (Å²) in [5.74, 6) is -2.18. The molecule has 2 amide bonds. The van der Waals surface area contributed by atoms with Crippen molar-refractivity contribution >= 4 is 50.5 Å². The lowest BCUT2D eigenvalue weighted by molar-refractivity contribution is -0.275. The van der Waals surface area contributed by atoms with Gasteiger partial charge in [-0.15, -0.1) is 0 Å². The highest BCUT2D eigenvalue weighted by atomic mass is 35.5. The van der Waals surface area contributed by atoms with Gasteiger partial charge in [0.15, 0.2) is 5.82 Å². The number of carbonyl (C=O) groups is 2. The number of nitrogens with zero attached hydrogens (tertiary/aromatic N) is 3. The number of hydrogen-bond acceptors (Lipinski definition) is 5. The van der Waals surface area contributed by atoms with E-state index in [-0.39, 0.29) is 34.9 Å². The molecule has 0 aromatic heterocycles. The van der Waals surface area contributed by atoms with Gasteiger partial charge < -0.3 is 9.74 Å². The molecule has 39 heavy (non-hydrogen) atoms. The van der Waals surface area contributed by atoms with E-state index in [4.69, 9.17) is 28.0 Å². The molecule has 2 atom stereocenters. The van der Waals surface area contributed by atoms with Gasteiger partial charge in [0.1, 0.15) is 0 Å². The predicted molar refractivity (Wildman–Crippen MR) is 141 cm³/mol. The molecule has 1 heterocycles. The van der Waals surface area contributed by atoms with E-state index in [0.29, 0.717) is 12.1 Å². The summed E-state index contributed by atoms with van der Waals surface area (Å²) in [5.41, 5.74) is -2.89. The number of carbonyl (C=O) groups excluding carboxylic acids is 2. The summed E-state index contributed by atoms with van der Waals surface area (Å²) >= 11 is 11.5. The minimum Gasteiger partial charge on any atom is -0.374 e. The van der Waals surface area contributed by atoms with Gasteiger partial charge in [0.2, 0.25) is 5.91 Å². The van der Waals surface area contributed by atoms with Crippen LogP contribution < -0.4 is 0 Å². The molecule has 3 rings (SSSR count). The largest absolute Gasteiger partial charge is 0.435 e. The monoisotopic (exact) mass is 609 g/mol. The summed E-state index contributed by atoms with van der Waals surface area (Å²) in [5, 5.41) is 2.44. The standard InChI is InChI=1S/C25H25Cl2F4N3O4S/c1-5-34(3)21(35)8-9-39(4,37)33-23(36)17-7-6-15(10-14(17)2)20-13-24(38-32-20,25(29,30)31)16-11-18(26)22(28)19(27)12-16/h6-7,10-12H,5,8-9,13H2,1-4H3. The highest BCUT2D eigenvalue weighted by Crippen LogP contribution is 2.50. The van der Waals surface area contributed by atoms with Crippen LogP contribution in [0.5, 0.6) is 0 Å². The van der Waals surface area contributed by atoms with E-state index in [2.05, 4.69) is 9.52 Å². The van der Waals surface area contributed by atoms with Crippen LogP contribution in [0.2, 0.25) is 10.0 Å². The maximum absolute atomic E-state index is 14.3. The summed E-state index contributed by atoms with van der Waals surface area (Å²) in [6, 6.07) is 5.72. The Labute approximate surface area is 233 Å². The molecule has 0 fully saturated rings. The highest BCUT2D eigenvalue weighted by Gasteiger charge is 2.62. The van der Waals surface area contributed by atoms with Crippen molar-refractivity contribution in [2.24, 2.45) is 9.52 Å². The van der Waals surface area contributed by atoms with E-state index in [0.717, 1.165) is 12.1 Å². The fraction of sp³-hybridized carbons (Fsp3) is 0.400. The molecule has 1 aliphatic rings. The first kappa shape index (κ1) is 30.8. The maximum atomic E-state index is 14.3. The van der Waals surface area contributed by atoms with Gasteiger partial charge >= 0.3 is 6.18 Å². The number of amides is 2. The molecule has 0 N–H and O–H groups in total. The van der Waals surface area contributed by atoms with Crippen molar-refractivity contribution in [2.75, 3.05) is 25.6 Å². The Kier molecular flexibility index (Phi) is 9.03. The zero-order chi connectivity index (χ0) is 29.3. The molecule has 0 bridgehead atoms. The minimum absolute atomic E-state index is 0.0420. The summed E-state index contributed by atoms with van der Waals surface area (Å²) in [6.07, 6.45) is -4.50. The Morgan fingerprint density at radius 3 is 2.36 bits per heavy atom. The number of oxime groups is 1. The van der Waals surface area contributed by atoms with Crippen LogP contribution >= 0.6 is 23.2 Å². The average Bonchev–Trinajstić information content (AvgIpc) is 3.32. The number of rotatable bonds is 7. The van der Waals surface area contributed by atoms with Crippen LogP contribution in [0.15, 0.2) is 39.9 Å². The molecular formula is C25H25Cl2F4N3O4S. The molecule has 0 saturated heterocycles. The third kappa shape index (κ3) is 6.55. The second-order valence-corrected chi connectivity index (χ2v) is 12.5. The highest BCUT2D eigenvalue weighted by molar-refractivity contribution is 7.93. The van der Waals surface area contributed by atoms with E-state index < -0.39 is 55.3 Å². The van der Waals surface area contributed by atoms with Crippen molar-refractivity contribution in [3.8, 4) is 0 Å². The molecule has 1 aliphatic heterocycles. The summed E-state index contributed by atoms with van der Waals surface area (Å²) in [7, 11) is -1.41. The Bertz CT molecular complexity index is 1450. The summed E-state index contributed by atoms with van der Waals surface area (Å²) in [6.45, 7) is 3.81. The molecule has 0 spiro atoms. The molecule has 0 aliphatic carbocycles. The van der Waals surface area contributed by atoms with E-state index in [1.807, 2.05) is 0 Å². The van der Waals surface area contributed by atoms with E-state index >= 15 is 0 Å². The second-order valence-electron chi connectivity index (χ2n) is 9.13. The molecule has 14 heteroatoms. The first-order valence-corrected chi connectivity index (χ1v) is 14.4. The second kappa shape index (κ2) is 11.4. The molecule has 2 aromatic carbocycles. The Balaban J connectivity index is 1.86. The fourth-order valence-corrected chi connectivity index (χ4v) is 5.43. The molecule has 212 valence electrons. The summed E-state index contributed by atoms with van der Waals surface area (Å²) < 4.78 is 73.2. The van der Waals surface area contributed by atoms with Gasteiger partial charge in [-0.25, -0.2) is 8.60 Å². The Morgan fingerprint density at radius 1 is 1.21 bits per heavy atom. The van der Waals surface area contributed by atoms with Crippen LogP contribution in [0.1, 0.15) is 46.8 Å². The average molecular weight is 610 g/mol. The number of alkyl halides is 3. The van der Waals surface area contributed by atoms with Crippen molar-refractivity contribution in [3.05, 3.63) is 68.4 Å². The summed E-state index contributed by atoms with van der Waals surface area (Å²) in [4.78, 5) is 31.1. The lowest BCUT2D eigenvalue weighted by atomic mass is 9.86. The van der Waals surface area contributed by atoms with E-state index in [9.17, 15) is 31.4 Å². The van der Waals surface area contributed by atoms with Crippen LogP contribution in [-0.2, 0) is 25.0 Å². The maximum Gasteiger partial charge on any atom is 0.435 e. The smallest absolute Gasteiger partial charge is 0.374 e. The van der Waals surface area contributed by atoms with Crippen molar-refractivity contribution in [1.29, 1.82) is 0 Å². The van der Waals surface area contributed by atoms with Gasteiger partial charge in [0, 0.05) is 49.6 Å². The minimum atomic E-state index is -4.97. The molecule has 2 aromatic rings. The number of benzene rings is 2. The molecule has 0 radical (unpaired) electrons. The van der Waals surface area contributed by atoms with Crippen LogP contribution in [0.3, 0.4) is 0 Å². The number of halogens is 6. The van der Waals surface area contributed by atoms with Crippen molar-refractivity contribution in [2.45, 2.75) is 38.5 Å². The molecule has 7 nitrogen and oxygen atoms in total. The van der Waals surface area contributed by atoms with Gasteiger partial charge in [0.25, 0.3) is 11.5 Å². The van der Waals surface area contributed by atoms with Crippen LogP contribution in [0.25, 0.3) is 0 Å². The SMILES string of the molecule is CCN(C)C(=O)CCS(C)(=O)=NC(=O)c1ccc(C2=NOC(c3cc(Cl)c(F)c(Cl)c3)(C(F)(F)F)C2)cc1C. The fourth-order valence-electron chi connectivity index (χ4n) is 3.84. The van der Waals surface area contributed by atoms with Gasteiger partial charge in [-0.3, -0.25) is 9.59 Å². The van der Waals surface area contributed by atoms with Gasteiger partial charge in [-0.05, 0) is 49.2 Å². The van der Waals surface area contributed by atoms with Crippen molar-refractivity contribution < 1.29 is 36.2 Å². The van der Waals surface area contributed by atoms with Crippen LogP contribution in [0, 0.1) is 12.7 Å².